The number of nitrogens with two attached hydrogens (primary N) is 1. The quantitative estimate of drug-likeness (QED) is 0.786. The highest BCUT2D eigenvalue weighted by Crippen LogP contribution is 2.30. The Labute approximate surface area is 131 Å². The van der Waals surface area contributed by atoms with Crippen molar-refractivity contribution in [1.82, 2.24) is 10.6 Å². The first-order chi connectivity index (χ1) is 10.1. The normalized spacial score (nSPS) is 20.1. The summed E-state index contributed by atoms with van der Waals surface area (Å²) in [7, 11) is 0. The average Bonchev–Trinajstić information content (AvgIpc) is 2.64. The Morgan fingerprint density at radius 1 is 1.14 bits per heavy atom. The maximum atomic E-state index is 12.6. The van der Waals surface area contributed by atoms with E-state index in [0.717, 1.165) is 0 Å². The summed E-state index contributed by atoms with van der Waals surface area (Å²) in [6, 6.07) is 8.16. The van der Waals surface area contributed by atoms with E-state index in [1.54, 1.807) is 24.3 Å². The zero-order valence-corrected chi connectivity index (χ0v) is 13.4. The Morgan fingerprint density at radius 2 is 1.73 bits per heavy atom. The molecule has 0 aliphatic carbocycles. The van der Waals surface area contributed by atoms with Crippen LogP contribution in [-0.2, 0) is 9.59 Å². The highest BCUT2D eigenvalue weighted by Gasteiger charge is 2.40. The molecule has 1 heterocycles. The maximum Gasteiger partial charge on any atom is 0.249 e. The molecule has 5 heteroatoms. The van der Waals surface area contributed by atoms with Crippen molar-refractivity contribution >= 4 is 11.8 Å². The van der Waals surface area contributed by atoms with E-state index >= 15 is 0 Å². The van der Waals surface area contributed by atoms with Crippen molar-refractivity contribution in [2.24, 2.45) is 5.73 Å². The molecular formula is C17H23N3O2. The minimum absolute atomic E-state index is 0.273. The summed E-state index contributed by atoms with van der Waals surface area (Å²) in [6.07, 6.45) is 1.89. The van der Waals surface area contributed by atoms with Crippen LogP contribution in [0, 0.1) is 0 Å². The van der Waals surface area contributed by atoms with Gasteiger partial charge in [-0.1, -0.05) is 36.4 Å². The van der Waals surface area contributed by atoms with Crippen LogP contribution < -0.4 is 16.4 Å². The van der Waals surface area contributed by atoms with Gasteiger partial charge in [-0.05, 0) is 33.3 Å². The molecule has 1 aliphatic rings. The molecule has 1 aliphatic heterocycles. The molecule has 0 saturated heterocycles. The molecule has 0 bridgehead atoms. The van der Waals surface area contributed by atoms with Crippen LogP contribution in [-0.4, -0.2) is 22.9 Å². The summed E-state index contributed by atoms with van der Waals surface area (Å²) in [5.41, 5.74) is 5.99. The number of hydrogen-bond donors (Lipinski definition) is 3. The van der Waals surface area contributed by atoms with Crippen molar-refractivity contribution in [3.8, 4) is 0 Å². The van der Waals surface area contributed by atoms with Gasteiger partial charge in [0.15, 0.2) is 0 Å². The number of hydrogen-bond acceptors (Lipinski definition) is 3. The maximum absolute atomic E-state index is 12.6. The van der Waals surface area contributed by atoms with Crippen molar-refractivity contribution in [3.05, 3.63) is 47.5 Å². The summed E-state index contributed by atoms with van der Waals surface area (Å²) < 4.78 is 0. The van der Waals surface area contributed by atoms with Crippen LogP contribution in [0.3, 0.4) is 0 Å². The highest BCUT2D eigenvalue weighted by molar-refractivity contribution is 5.99. The number of amides is 2. The SMILES string of the molecule is CC1(C)C=C(C(=O)NC(C(N)=O)c2ccccc2)C(C)(C)N1. The molecule has 1 aromatic rings. The van der Waals surface area contributed by atoms with Crippen LogP contribution >= 0.6 is 0 Å². The molecule has 118 valence electrons. The monoisotopic (exact) mass is 301 g/mol. The third-order valence-corrected chi connectivity index (χ3v) is 3.75. The first-order valence-electron chi connectivity index (χ1n) is 7.30. The Balaban J connectivity index is 2.25. The highest BCUT2D eigenvalue weighted by atomic mass is 16.2. The third-order valence-electron chi connectivity index (χ3n) is 3.75. The van der Waals surface area contributed by atoms with Gasteiger partial charge in [0.2, 0.25) is 11.8 Å². The van der Waals surface area contributed by atoms with Crippen LogP contribution in [0.4, 0.5) is 0 Å². The minimum atomic E-state index is -0.839. The van der Waals surface area contributed by atoms with E-state index in [1.807, 2.05) is 39.8 Å². The zero-order valence-electron chi connectivity index (χ0n) is 13.4. The largest absolute Gasteiger partial charge is 0.368 e. The fraction of sp³-hybridized carbons (Fsp3) is 0.412. The Morgan fingerprint density at radius 3 is 2.18 bits per heavy atom. The van der Waals surface area contributed by atoms with Gasteiger partial charge < -0.3 is 11.1 Å². The zero-order chi connectivity index (χ0) is 16.5. The third kappa shape index (κ3) is 3.36. The van der Waals surface area contributed by atoms with Gasteiger partial charge in [-0.15, -0.1) is 0 Å². The average molecular weight is 301 g/mol. The first kappa shape index (κ1) is 16.2. The molecular weight excluding hydrogens is 278 g/mol. The molecule has 2 rings (SSSR count). The molecule has 5 nitrogen and oxygen atoms in total. The van der Waals surface area contributed by atoms with Gasteiger partial charge in [0.1, 0.15) is 6.04 Å². The van der Waals surface area contributed by atoms with Gasteiger partial charge in [0.05, 0.1) is 0 Å². The molecule has 1 atom stereocenters. The predicted molar refractivity (Wildman–Crippen MR) is 85.9 cm³/mol. The molecule has 0 saturated carbocycles. The van der Waals surface area contributed by atoms with E-state index in [4.69, 9.17) is 5.73 Å². The molecule has 4 N–H and O–H groups in total. The molecule has 0 aromatic heterocycles. The number of primary amides is 1. The van der Waals surface area contributed by atoms with Crippen molar-refractivity contribution in [1.29, 1.82) is 0 Å². The van der Waals surface area contributed by atoms with E-state index in [2.05, 4.69) is 10.6 Å². The summed E-state index contributed by atoms with van der Waals surface area (Å²) in [5, 5.41) is 6.12. The Kier molecular flexibility index (Phi) is 4.11. The minimum Gasteiger partial charge on any atom is -0.368 e. The van der Waals surface area contributed by atoms with Crippen molar-refractivity contribution < 1.29 is 9.59 Å². The van der Waals surface area contributed by atoms with E-state index in [9.17, 15) is 9.59 Å². The van der Waals surface area contributed by atoms with Gasteiger partial charge in [0.25, 0.3) is 0 Å². The van der Waals surface area contributed by atoms with Crippen LogP contribution in [0.2, 0.25) is 0 Å². The standard InChI is InChI=1S/C17H23N3O2/c1-16(2)10-12(17(3,4)20-16)15(22)19-13(14(18)21)11-8-6-5-7-9-11/h5-10,13,20H,1-4H3,(H2,18,21)(H,19,22). The van der Waals surface area contributed by atoms with Crippen LogP contribution in [0.15, 0.2) is 42.0 Å². The van der Waals surface area contributed by atoms with E-state index < -0.39 is 17.5 Å². The molecule has 0 spiro atoms. The second-order valence-electron chi connectivity index (χ2n) is 6.75. The molecule has 0 radical (unpaired) electrons. The van der Waals surface area contributed by atoms with E-state index in [-0.39, 0.29) is 11.4 Å². The first-order valence-corrected chi connectivity index (χ1v) is 7.30. The van der Waals surface area contributed by atoms with Gasteiger partial charge in [-0.3, -0.25) is 14.9 Å². The molecule has 1 aromatic carbocycles. The van der Waals surface area contributed by atoms with E-state index in [1.165, 1.54) is 0 Å². The fourth-order valence-corrected chi connectivity index (χ4v) is 2.97. The smallest absolute Gasteiger partial charge is 0.249 e. The van der Waals surface area contributed by atoms with E-state index in [0.29, 0.717) is 11.1 Å². The summed E-state index contributed by atoms with van der Waals surface area (Å²) in [4.78, 5) is 24.3. The number of carbonyl (C=O) groups is 2. The number of nitrogens with one attached hydrogen (secondary N) is 2. The van der Waals surface area contributed by atoms with Crippen LogP contribution in [0.25, 0.3) is 0 Å². The van der Waals surface area contributed by atoms with Crippen molar-refractivity contribution in [3.63, 3.8) is 0 Å². The second kappa shape index (κ2) is 5.57. The topological polar surface area (TPSA) is 84.2 Å². The molecule has 0 fully saturated rings. The van der Waals surface area contributed by atoms with Crippen LogP contribution in [0.1, 0.15) is 39.3 Å². The summed E-state index contributed by atoms with van der Waals surface area (Å²) in [5.74, 6) is -0.862. The van der Waals surface area contributed by atoms with Crippen molar-refractivity contribution in [2.75, 3.05) is 0 Å². The Bertz CT molecular complexity index is 618. The molecule has 22 heavy (non-hydrogen) atoms. The second-order valence-corrected chi connectivity index (χ2v) is 6.75. The van der Waals surface area contributed by atoms with Gasteiger partial charge in [0, 0.05) is 16.7 Å². The fourth-order valence-electron chi connectivity index (χ4n) is 2.97. The molecule has 1 unspecified atom stereocenters. The lowest BCUT2D eigenvalue weighted by Crippen LogP contribution is -2.48. The summed E-state index contributed by atoms with van der Waals surface area (Å²) >= 11 is 0. The summed E-state index contributed by atoms with van der Waals surface area (Å²) in [6.45, 7) is 7.87. The lowest BCUT2D eigenvalue weighted by molar-refractivity contribution is -0.125. The molecule has 2 amide bonds. The van der Waals surface area contributed by atoms with Crippen LogP contribution in [0.5, 0.6) is 0 Å². The number of rotatable bonds is 4. The lowest BCUT2D eigenvalue weighted by atomic mass is 9.95. The lowest BCUT2D eigenvalue weighted by Gasteiger charge is -2.28. The van der Waals surface area contributed by atoms with Gasteiger partial charge >= 0.3 is 0 Å². The number of carbonyl (C=O) groups excluding carboxylic acids is 2. The Hall–Kier alpha value is -2.14. The van der Waals surface area contributed by atoms with Gasteiger partial charge in [-0.25, -0.2) is 0 Å². The van der Waals surface area contributed by atoms with Gasteiger partial charge in [-0.2, -0.15) is 0 Å². The predicted octanol–water partition coefficient (Wildman–Crippen LogP) is 1.42. The van der Waals surface area contributed by atoms with Crippen molar-refractivity contribution in [2.45, 2.75) is 44.8 Å². The number of benzene rings is 1.